The van der Waals surface area contributed by atoms with Crippen molar-refractivity contribution in [1.29, 1.82) is 0 Å². The Morgan fingerprint density at radius 2 is 1.50 bits per heavy atom. The number of rotatable bonds is 3. The first kappa shape index (κ1) is 12.7. The quantitative estimate of drug-likeness (QED) is 0.831. The molecule has 3 heteroatoms. The van der Waals surface area contributed by atoms with Gasteiger partial charge in [-0.25, -0.2) is 4.79 Å². The molecule has 0 radical (unpaired) electrons. The average Bonchev–Trinajstić information content (AvgIpc) is 2.90. The van der Waals surface area contributed by atoms with Gasteiger partial charge in [0.15, 0.2) is 0 Å². The molecule has 0 unspecified atom stereocenters. The highest BCUT2D eigenvalue weighted by Gasteiger charge is 2.32. The van der Waals surface area contributed by atoms with E-state index >= 15 is 0 Å². The Morgan fingerprint density at radius 1 is 0.900 bits per heavy atom. The van der Waals surface area contributed by atoms with E-state index in [2.05, 4.69) is 19.1 Å². The molecule has 20 heavy (non-hydrogen) atoms. The second kappa shape index (κ2) is 5.37. The summed E-state index contributed by atoms with van der Waals surface area (Å²) >= 11 is 0. The number of carbonyl (C=O) groups is 1. The third kappa shape index (κ3) is 2.27. The van der Waals surface area contributed by atoms with Crippen molar-refractivity contribution in [3.8, 4) is 0 Å². The molecular formula is C17H18N2O. The Morgan fingerprint density at radius 3 is 2.15 bits per heavy atom. The monoisotopic (exact) mass is 266 g/mol. The zero-order valence-corrected chi connectivity index (χ0v) is 11.6. The van der Waals surface area contributed by atoms with E-state index in [1.165, 1.54) is 5.56 Å². The molecule has 1 atom stereocenters. The van der Waals surface area contributed by atoms with E-state index < -0.39 is 0 Å². The predicted molar refractivity (Wildman–Crippen MR) is 80.7 cm³/mol. The van der Waals surface area contributed by atoms with Crippen molar-refractivity contribution in [1.82, 2.24) is 4.90 Å². The first-order valence-electron chi connectivity index (χ1n) is 6.95. The van der Waals surface area contributed by atoms with E-state index in [9.17, 15) is 4.79 Å². The third-order valence-corrected chi connectivity index (χ3v) is 3.86. The van der Waals surface area contributed by atoms with Gasteiger partial charge in [-0.3, -0.25) is 4.90 Å². The van der Waals surface area contributed by atoms with Gasteiger partial charge in [0.05, 0.1) is 6.04 Å². The molecule has 1 fully saturated rings. The molecule has 1 saturated heterocycles. The smallest absolute Gasteiger partial charge is 0.316 e. The highest BCUT2D eigenvalue weighted by molar-refractivity contribution is 5.94. The van der Waals surface area contributed by atoms with Gasteiger partial charge in [0.25, 0.3) is 0 Å². The molecule has 0 bridgehead atoms. The zero-order chi connectivity index (χ0) is 13.9. The number of hydrogen-bond donors (Lipinski definition) is 0. The summed E-state index contributed by atoms with van der Waals surface area (Å²) < 4.78 is 0. The van der Waals surface area contributed by atoms with Crippen molar-refractivity contribution in [3.63, 3.8) is 0 Å². The normalized spacial score (nSPS) is 16.6. The lowest BCUT2D eigenvalue weighted by atomic mass is 10.1. The van der Waals surface area contributed by atoms with Crippen molar-refractivity contribution >= 4 is 11.7 Å². The van der Waals surface area contributed by atoms with Crippen molar-refractivity contribution in [2.45, 2.75) is 13.0 Å². The maximum atomic E-state index is 12.6. The minimum Gasteiger partial charge on any atom is -0.316 e. The third-order valence-electron chi connectivity index (χ3n) is 3.86. The second-order valence-electron chi connectivity index (χ2n) is 5.05. The van der Waals surface area contributed by atoms with E-state index in [1.54, 1.807) is 0 Å². The Bertz CT molecular complexity index is 582. The van der Waals surface area contributed by atoms with Crippen LogP contribution < -0.4 is 4.90 Å². The molecular weight excluding hydrogens is 248 g/mol. The van der Waals surface area contributed by atoms with E-state index in [4.69, 9.17) is 0 Å². The summed E-state index contributed by atoms with van der Waals surface area (Å²) in [4.78, 5) is 16.4. The number of urea groups is 1. The molecule has 0 spiro atoms. The fourth-order valence-electron chi connectivity index (χ4n) is 2.67. The minimum atomic E-state index is 0.0903. The van der Waals surface area contributed by atoms with E-state index in [0.717, 1.165) is 18.8 Å². The van der Waals surface area contributed by atoms with Crippen molar-refractivity contribution in [2.24, 2.45) is 0 Å². The summed E-state index contributed by atoms with van der Waals surface area (Å²) in [7, 11) is 0. The van der Waals surface area contributed by atoms with Gasteiger partial charge in [-0.05, 0) is 24.6 Å². The number of nitrogens with zero attached hydrogens (tertiary/aromatic N) is 2. The van der Waals surface area contributed by atoms with E-state index in [1.807, 2.05) is 58.3 Å². The summed E-state index contributed by atoms with van der Waals surface area (Å²) in [6.07, 6.45) is 0. The van der Waals surface area contributed by atoms with Crippen LogP contribution in [0.5, 0.6) is 0 Å². The summed E-state index contributed by atoms with van der Waals surface area (Å²) in [5.41, 5.74) is 2.15. The van der Waals surface area contributed by atoms with Crippen LogP contribution in [-0.4, -0.2) is 24.0 Å². The highest BCUT2D eigenvalue weighted by atomic mass is 16.2. The number of para-hydroxylation sites is 1. The van der Waals surface area contributed by atoms with E-state index in [-0.39, 0.29) is 12.1 Å². The van der Waals surface area contributed by atoms with Crippen LogP contribution in [0.1, 0.15) is 18.5 Å². The van der Waals surface area contributed by atoms with Crippen LogP contribution in [0.4, 0.5) is 10.5 Å². The van der Waals surface area contributed by atoms with Crippen LogP contribution in [0.15, 0.2) is 60.7 Å². The molecule has 1 aliphatic heterocycles. The van der Waals surface area contributed by atoms with Gasteiger partial charge < -0.3 is 4.90 Å². The zero-order valence-electron chi connectivity index (χ0n) is 11.6. The lowest BCUT2D eigenvalue weighted by molar-refractivity contribution is 0.205. The average molecular weight is 266 g/mol. The molecule has 2 aromatic rings. The molecule has 0 N–H and O–H groups in total. The maximum absolute atomic E-state index is 12.6. The molecule has 2 aromatic carbocycles. The molecule has 0 aliphatic carbocycles. The van der Waals surface area contributed by atoms with Crippen LogP contribution >= 0.6 is 0 Å². The predicted octanol–water partition coefficient (Wildman–Crippen LogP) is 3.69. The molecule has 0 aromatic heterocycles. The fraction of sp³-hybridized carbons (Fsp3) is 0.235. The number of hydrogen-bond acceptors (Lipinski definition) is 1. The van der Waals surface area contributed by atoms with Gasteiger partial charge in [-0.1, -0.05) is 48.5 Å². The van der Waals surface area contributed by atoms with Crippen LogP contribution in [-0.2, 0) is 0 Å². The van der Waals surface area contributed by atoms with Gasteiger partial charge in [-0.2, -0.15) is 0 Å². The first-order chi connectivity index (χ1) is 9.77. The van der Waals surface area contributed by atoms with Gasteiger partial charge >= 0.3 is 6.03 Å². The Balaban J connectivity index is 1.79. The molecule has 3 rings (SSSR count). The van der Waals surface area contributed by atoms with Crippen LogP contribution in [0.3, 0.4) is 0 Å². The Kier molecular flexibility index (Phi) is 3.42. The fourth-order valence-corrected chi connectivity index (χ4v) is 2.67. The van der Waals surface area contributed by atoms with Crippen LogP contribution in [0, 0.1) is 0 Å². The van der Waals surface area contributed by atoms with Crippen molar-refractivity contribution in [2.75, 3.05) is 18.0 Å². The van der Waals surface area contributed by atoms with Crippen molar-refractivity contribution < 1.29 is 4.79 Å². The lowest BCUT2D eigenvalue weighted by Crippen LogP contribution is -2.33. The summed E-state index contributed by atoms with van der Waals surface area (Å²) in [6, 6.07) is 20.2. The SMILES string of the molecule is C[C@H](c1ccccc1)N1CCN(c2ccccc2)C1=O. The number of carbonyl (C=O) groups excluding carboxylic acids is 1. The van der Waals surface area contributed by atoms with Gasteiger partial charge in [0, 0.05) is 18.8 Å². The first-order valence-corrected chi connectivity index (χ1v) is 6.95. The largest absolute Gasteiger partial charge is 0.325 e. The highest BCUT2D eigenvalue weighted by Crippen LogP contribution is 2.27. The summed E-state index contributed by atoms with van der Waals surface area (Å²) in [5, 5.41) is 0. The van der Waals surface area contributed by atoms with Crippen LogP contribution in [0.2, 0.25) is 0 Å². The maximum Gasteiger partial charge on any atom is 0.325 e. The Hall–Kier alpha value is -2.29. The summed E-state index contributed by atoms with van der Waals surface area (Å²) in [5.74, 6) is 0. The molecule has 2 amide bonds. The molecule has 1 heterocycles. The standard InChI is InChI=1S/C17H18N2O/c1-14(15-8-4-2-5-9-15)18-12-13-19(17(18)20)16-10-6-3-7-11-16/h2-11,14H,12-13H2,1H3/t14-/m1/s1. The molecule has 102 valence electrons. The molecule has 1 aliphatic rings. The van der Waals surface area contributed by atoms with Crippen LogP contribution in [0.25, 0.3) is 0 Å². The second-order valence-corrected chi connectivity index (χ2v) is 5.05. The summed E-state index contributed by atoms with van der Waals surface area (Å²) in [6.45, 7) is 3.60. The number of benzene rings is 2. The number of amides is 2. The molecule has 3 nitrogen and oxygen atoms in total. The van der Waals surface area contributed by atoms with Gasteiger partial charge in [0.2, 0.25) is 0 Å². The van der Waals surface area contributed by atoms with E-state index in [0.29, 0.717) is 0 Å². The lowest BCUT2D eigenvalue weighted by Gasteiger charge is -2.25. The number of anilines is 1. The minimum absolute atomic E-state index is 0.0903. The van der Waals surface area contributed by atoms with Gasteiger partial charge in [0.1, 0.15) is 0 Å². The topological polar surface area (TPSA) is 23.6 Å². The Labute approximate surface area is 119 Å². The molecule has 0 saturated carbocycles. The van der Waals surface area contributed by atoms with Crippen molar-refractivity contribution in [3.05, 3.63) is 66.2 Å². The van der Waals surface area contributed by atoms with Gasteiger partial charge in [-0.15, -0.1) is 0 Å².